The van der Waals surface area contributed by atoms with Crippen molar-refractivity contribution in [2.24, 2.45) is 0 Å². The smallest absolute Gasteiger partial charge is 0.264 e. The number of sulfonamides is 1. The molecule has 0 aliphatic carbocycles. The highest BCUT2D eigenvalue weighted by Gasteiger charge is 2.35. The first-order valence-electron chi connectivity index (χ1n) is 15.0. The fraction of sp³-hybridized carbons (Fsp3) is 0.278. The van der Waals surface area contributed by atoms with Gasteiger partial charge >= 0.3 is 0 Å². The van der Waals surface area contributed by atoms with Crippen LogP contribution in [0.3, 0.4) is 0 Å². The second-order valence-corrected chi connectivity index (χ2v) is 13.4. The summed E-state index contributed by atoms with van der Waals surface area (Å²) in [6, 6.07) is 29.1. The maximum atomic E-state index is 14.6. The molecule has 0 radical (unpaired) electrons. The van der Waals surface area contributed by atoms with Crippen molar-refractivity contribution in [3.63, 3.8) is 0 Å². The number of nitrogens with zero attached hydrogens (tertiary/aromatic N) is 2. The summed E-state index contributed by atoms with van der Waals surface area (Å²) in [5.41, 5.74) is 3.50. The van der Waals surface area contributed by atoms with E-state index in [2.05, 4.69) is 5.32 Å². The van der Waals surface area contributed by atoms with Gasteiger partial charge in [-0.3, -0.25) is 13.9 Å². The summed E-state index contributed by atoms with van der Waals surface area (Å²) >= 11 is 6.45. The fourth-order valence-electron chi connectivity index (χ4n) is 5.07. The third-order valence-corrected chi connectivity index (χ3v) is 10.2. The molecule has 0 aliphatic heterocycles. The summed E-state index contributed by atoms with van der Waals surface area (Å²) in [5, 5.41) is 3.44. The first-order valence-corrected chi connectivity index (χ1v) is 16.9. The van der Waals surface area contributed by atoms with E-state index in [9.17, 15) is 18.0 Å². The molecule has 2 amide bonds. The van der Waals surface area contributed by atoms with Crippen LogP contribution in [-0.2, 0) is 32.6 Å². The minimum Gasteiger partial charge on any atom is -0.352 e. The molecule has 4 rings (SSSR count). The minimum absolute atomic E-state index is 0.0398. The van der Waals surface area contributed by atoms with Crippen LogP contribution in [0.25, 0.3) is 0 Å². The van der Waals surface area contributed by atoms with Crippen LogP contribution in [0.5, 0.6) is 0 Å². The largest absolute Gasteiger partial charge is 0.352 e. The molecule has 2 atom stereocenters. The normalized spacial score (nSPS) is 12.6. The van der Waals surface area contributed by atoms with E-state index in [1.807, 2.05) is 75.4 Å². The Bertz CT molecular complexity index is 1720. The van der Waals surface area contributed by atoms with Crippen LogP contribution in [0.15, 0.2) is 108 Å². The van der Waals surface area contributed by atoms with Crippen molar-refractivity contribution < 1.29 is 18.0 Å². The molecule has 0 spiro atoms. The van der Waals surface area contributed by atoms with E-state index in [-0.39, 0.29) is 29.8 Å². The Morgan fingerprint density at radius 1 is 0.844 bits per heavy atom. The number of rotatable bonds is 13. The molecule has 0 unspecified atom stereocenters. The van der Waals surface area contributed by atoms with Gasteiger partial charge in [-0.05, 0) is 73.7 Å². The van der Waals surface area contributed by atoms with E-state index < -0.39 is 28.5 Å². The predicted molar refractivity (Wildman–Crippen MR) is 181 cm³/mol. The van der Waals surface area contributed by atoms with Gasteiger partial charge in [-0.25, -0.2) is 8.42 Å². The zero-order valence-electron chi connectivity index (χ0n) is 26.1. The van der Waals surface area contributed by atoms with Crippen molar-refractivity contribution in [2.75, 3.05) is 10.8 Å². The van der Waals surface area contributed by atoms with Crippen molar-refractivity contribution in [1.29, 1.82) is 0 Å². The van der Waals surface area contributed by atoms with Gasteiger partial charge in [-0.2, -0.15) is 0 Å². The van der Waals surface area contributed by atoms with Crippen LogP contribution in [0.2, 0.25) is 5.02 Å². The lowest BCUT2D eigenvalue weighted by atomic mass is 10.0. The van der Waals surface area contributed by atoms with Gasteiger partial charge in [0.25, 0.3) is 10.0 Å². The molecule has 0 saturated carbocycles. The molecule has 9 heteroatoms. The van der Waals surface area contributed by atoms with Crippen molar-refractivity contribution in [3.05, 3.63) is 130 Å². The number of hydrogen-bond acceptors (Lipinski definition) is 4. The molecule has 0 aliphatic rings. The lowest BCUT2D eigenvalue weighted by Gasteiger charge is -2.35. The number of benzene rings is 4. The Kier molecular flexibility index (Phi) is 11.4. The van der Waals surface area contributed by atoms with Gasteiger partial charge in [0.1, 0.15) is 12.6 Å². The molecular formula is C36H40ClN3O4S. The number of anilines is 1. The van der Waals surface area contributed by atoms with Crippen LogP contribution < -0.4 is 9.62 Å². The van der Waals surface area contributed by atoms with Crippen LogP contribution in [-0.4, -0.2) is 43.8 Å². The maximum Gasteiger partial charge on any atom is 0.264 e. The molecule has 1 N–H and O–H groups in total. The molecule has 4 aromatic rings. The Morgan fingerprint density at radius 2 is 1.47 bits per heavy atom. The number of carbonyl (C=O) groups excluding carboxylic acids is 2. The monoisotopic (exact) mass is 645 g/mol. The fourth-order valence-corrected chi connectivity index (χ4v) is 6.73. The second kappa shape index (κ2) is 15.2. The number of aryl methyl sites for hydroxylation is 1. The zero-order chi connectivity index (χ0) is 32.6. The van der Waals surface area contributed by atoms with E-state index in [0.29, 0.717) is 22.7 Å². The number of carbonyl (C=O) groups is 2. The number of hydrogen-bond donors (Lipinski definition) is 1. The number of nitrogens with one attached hydrogen (secondary N) is 1. The zero-order valence-corrected chi connectivity index (χ0v) is 27.7. The molecule has 7 nitrogen and oxygen atoms in total. The molecule has 0 fully saturated rings. The van der Waals surface area contributed by atoms with Gasteiger partial charge in [0, 0.05) is 24.0 Å². The summed E-state index contributed by atoms with van der Waals surface area (Å²) in [5.74, 6) is -0.816. The van der Waals surface area contributed by atoms with E-state index in [1.165, 1.54) is 17.0 Å². The Hall–Kier alpha value is -4.14. The minimum atomic E-state index is -4.20. The van der Waals surface area contributed by atoms with E-state index >= 15 is 0 Å². The second-order valence-electron chi connectivity index (χ2n) is 11.2. The highest BCUT2D eigenvalue weighted by molar-refractivity contribution is 7.92. The van der Waals surface area contributed by atoms with Crippen LogP contribution in [0.4, 0.5) is 5.69 Å². The summed E-state index contributed by atoms with van der Waals surface area (Å²) in [6.07, 6.45) is 0.967. The van der Waals surface area contributed by atoms with Gasteiger partial charge < -0.3 is 10.2 Å². The van der Waals surface area contributed by atoms with Crippen LogP contribution in [0, 0.1) is 13.8 Å². The molecule has 45 heavy (non-hydrogen) atoms. The molecular weight excluding hydrogens is 606 g/mol. The predicted octanol–water partition coefficient (Wildman–Crippen LogP) is 6.71. The summed E-state index contributed by atoms with van der Waals surface area (Å²) in [7, 11) is -4.20. The van der Waals surface area contributed by atoms with E-state index in [1.54, 1.807) is 43.3 Å². The maximum absolute atomic E-state index is 14.6. The van der Waals surface area contributed by atoms with Crippen molar-refractivity contribution >= 4 is 39.1 Å². The number of amides is 2. The highest BCUT2D eigenvalue weighted by Crippen LogP contribution is 2.31. The lowest BCUT2D eigenvalue weighted by molar-refractivity contribution is -0.140. The Morgan fingerprint density at radius 3 is 2.11 bits per heavy atom. The summed E-state index contributed by atoms with van der Waals surface area (Å²) < 4.78 is 29.5. The van der Waals surface area contributed by atoms with Crippen molar-refractivity contribution in [2.45, 2.75) is 64.1 Å². The van der Waals surface area contributed by atoms with E-state index in [0.717, 1.165) is 21.0 Å². The standard InChI is InChI=1S/C36H40ClN3O4S/c1-5-27(3)38-36(42)34(23-29-16-8-6-9-17-29)39(24-30-18-13-12-15-26(30)2)35(41)25-40(33-22-14-21-32(37)28(33)4)45(43,44)31-19-10-7-11-20-31/h6-22,27,34H,5,23-25H2,1-4H3,(H,38,42)/t27-,34-/m1/s1. The quantitative estimate of drug-likeness (QED) is 0.175. The van der Waals surface area contributed by atoms with Gasteiger partial charge in [0.05, 0.1) is 10.6 Å². The SMILES string of the molecule is CC[C@@H](C)NC(=O)[C@@H](Cc1ccccc1)N(Cc1ccccc1C)C(=O)CN(c1cccc(Cl)c1C)S(=O)(=O)c1ccccc1. The summed E-state index contributed by atoms with van der Waals surface area (Å²) in [6.45, 7) is 7.15. The number of halogens is 1. The third-order valence-electron chi connectivity index (χ3n) is 7.99. The molecule has 0 saturated heterocycles. The van der Waals surface area contributed by atoms with Gasteiger partial charge in [-0.15, -0.1) is 0 Å². The highest BCUT2D eigenvalue weighted by atomic mass is 35.5. The Balaban J connectivity index is 1.84. The molecule has 0 aromatic heterocycles. The first-order chi connectivity index (χ1) is 21.5. The summed E-state index contributed by atoms with van der Waals surface area (Å²) in [4.78, 5) is 30.1. The lowest BCUT2D eigenvalue weighted by Crippen LogP contribution is -2.54. The van der Waals surface area contributed by atoms with Gasteiger partial charge in [0.15, 0.2) is 0 Å². The van der Waals surface area contributed by atoms with Gasteiger partial charge in [-0.1, -0.05) is 97.4 Å². The van der Waals surface area contributed by atoms with Crippen LogP contribution in [0.1, 0.15) is 42.5 Å². The molecule has 236 valence electrons. The topological polar surface area (TPSA) is 86.8 Å². The molecule has 4 aromatic carbocycles. The van der Waals surface area contributed by atoms with E-state index in [4.69, 9.17) is 11.6 Å². The third kappa shape index (κ3) is 8.32. The average molecular weight is 646 g/mol. The average Bonchev–Trinajstić information content (AvgIpc) is 3.04. The van der Waals surface area contributed by atoms with Crippen LogP contribution >= 0.6 is 11.6 Å². The molecule has 0 bridgehead atoms. The van der Waals surface area contributed by atoms with Crippen molar-refractivity contribution in [1.82, 2.24) is 10.2 Å². The molecule has 0 heterocycles. The Labute approximate surface area is 271 Å². The van der Waals surface area contributed by atoms with Gasteiger partial charge in [0.2, 0.25) is 11.8 Å². The van der Waals surface area contributed by atoms with Crippen molar-refractivity contribution in [3.8, 4) is 0 Å². The first kappa shape index (κ1) is 33.7.